The minimum absolute atomic E-state index is 0.0211. The van der Waals surface area contributed by atoms with E-state index < -0.39 is 0 Å². The first-order valence-corrected chi connectivity index (χ1v) is 10.7. The van der Waals surface area contributed by atoms with Crippen molar-refractivity contribution in [2.24, 2.45) is 7.05 Å². The third-order valence-corrected chi connectivity index (χ3v) is 6.32. The van der Waals surface area contributed by atoms with Gasteiger partial charge in [-0.25, -0.2) is 9.97 Å². The van der Waals surface area contributed by atoms with Gasteiger partial charge in [-0.15, -0.1) is 22.7 Å². The maximum Gasteiger partial charge on any atom is 0.273 e. The van der Waals surface area contributed by atoms with E-state index in [0.29, 0.717) is 5.69 Å². The Kier molecular flexibility index (Phi) is 5.33. The topological polar surface area (TPSA) is 67.2 Å². The van der Waals surface area contributed by atoms with Crippen molar-refractivity contribution in [2.45, 2.75) is 19.9 Å². The Bertz CT molecular complexity index is 930. The van der Waals surface area contributed by atoms with Crippen molar-refractivity contribution in [3.8, 4) is 10.6 Å². The maximum absolute atomic E-state index is 12.9. The first-order chi connectivity index (χ1) is 13.1. The molecule has 4 heterocycles. The van der Waals surface area contributed by atoms with Gasteiger partial charge < -0.3 is 4.90 Å². The zero-order valence-electron chi connectivity index (χ0n) is 15.5. The molecule has 1 saturated heterocycles. The van der Waals surface area contributed by atoms with Gasteiger partial charge in [0.15, 0.2) is 0 Å². The second-order valence-corrected chi connectivity index (χ2v) is 8.64. The van der Waals surface area contributed by atoms with Crippen molar-refractivity contribution in [1.29, 1.82) is 0 Å². The Hall–Kier alpha value is -2.10. The van der Waals surface area contributed by atoms with Gasteiger partial charge in [0.2, 0.25) is 0 Å². The molecule has 3 aromatic heterocycles. The highest BCUT2D eigenvalue weighted by atomic mass is 32.1. The van der Waals surface area contributed by atoms with Gasteiger partial charge in [0.25, 0.3) is 5.91 Å². The van der Waals surface area contributed by atoms with E-state index in [1.165, 1.54) is 11.3 Å². The second kappa shape index (κ2) is 7.87. The van der Waals surface area contributed by atoms with Crippen LogP contribution in [0.15, 0.2) is 23.2 Å². The van der Waals surface area contributed by atoms with Gasteiger partial charge in [-0.2, -0.15) is 5.10 Å². The van der Waals surface area contributed by atoms with Crippen LogP contribution in [0.2, 0.25) is 0 Å². The smallest absolute Gasteiger partial charge is 0.273 e. The molecule has 27 heavy (non-hydrogen) atoms. The van der Waals surface area contributed by atoms with Crippen LogP contribution >= 0.6 is 22.7 Å². The number of carbonyl (C=O) groups is 1. The zero-order chi connectivity index (χ0) is 18.8. The summed E-state index contributed by atoms with van der Waals surface area (Å²) in [6.45, 7) is 6.23. The number of nitrogens with zero attached hydrogens (tertiary/aromatic N) is 6. The fraction of sp³-hybridized carbons (Fsp3) is 0.444. The number of hydrogen-bond donors (Lipinski definition) is 0. The molecule has 9 heteroatoms. The van der Waals surface area contributed by atoms with Crippen LogP contribution in [0.5, 0.6) is 0 Å². The lowest BCUT2D eigenvalue weighted by atomic mass is 10.3. The molecule has 0 N–H and O–H groups in total. The summed E-state index contributed by atoms with van der Waals surface area (Å²) in [6.07, 6.45) is 4.66. The summed E-state index contributed by atoms with van der Waals surface area (Å²) in [5.41, 5.74) is 2.60. The molecule has 0 saturated carbocycles. The van der Waals surface area contributed by atoms with Crippen molar-refractivity contribution in [3.05, 3.63) is 39.5 Å². The average Bonchev–Trinajstić information content (AvgIpc) is 3.34. The summed E-state index contributed by atoms with van der Waals surface area (Å²) in [4.78, 5) is 26.3. The van der Waals surface area contributed by atoms with E-state index in [4.69, 9.17) is 0 Å². The molecule has 0 aliphatic carbocycles. The average molecular weight is 403 g/mol. The van der Waals surface area contributed by atoms with E-state index in [9.17, 15) is 4.79 Å². The molecule has 0 radical (unpaired) electrons. The fourth-order valence-corrected chi connectivity index (χ4v) is 4.61. The minimum atomic E-state index is 0.0211. The predicted octanol–water partition coefficient (Wildman–Crippen LogP) is 2.66. The molecule has 0 spiro atoms. The molecule has 1 amide bonds. The van der Waals surface area contributed by atoms with Gasteiger partial charge >= 0.3 is 0 Å². The Morgan fingerprint density at radius 3 is 2.78 bits per heavy atom. The van der Waals surface area contributed by atoms with Gasteiger partial charge in [-0.1, -0.05) is 0 Å². The standard InChI is InChI=1S/C18H22N6OS2/c1-13-20-15(11-26-13)10-23-4-3-5-24(7-6-23)18(25)16-12-27-17(21-16)14-8-19-22(2)9-14/h8-9,11-12H,3-7,10H2,1-2H3. The molecule has 3 aromatic rings. The molecule has 1 aliphatic heterocycles. The highest BCUT2D eigenvalue weighted by molar-refractivity contribution is 7.13. The lowest BCUT2D eigenvalue weighted by Crippen LogP contribution is -2.35. The number of carbonyl (C=O) groups excluding carboxylic acids is 1. The monoisotopic (exact) mass is 402 g/mol. The SMILES string of the molecule is Cc1nc(CN2CCCN(C(=O)c3csc(-c4cnn(C)c4)n3)CC2)cs1. The van der Waals surface area contributed by atoms with Crippen molar-refractivity contribution in [1.82, 2.24) is 29.5 Å². The van der Waals surface area contributed by atoms with Gasteiger partial charge in [0.05, 0.1) is 16.9 Å². The van der Waals surface area contributed by atoms with E-state index in [0.717, 1.165) is 60.4 Å². The number of rotatable bonds is 4. The van der Waals surface area contributed by atoms with Crippen molar-refractivity contribution in [3.63, 3.8) is 0 Å². The van der Waals surface area contributed by atoms with Crippen LogP contribution in [0.3, 0.4) is 0 Å². The third kappa shape index (κ3) is 4.26. The van der Waals surface area contributed by atoms with E-state index in [1.54, 1.807) is 22.2 Å². The number of aryl methyl sites for hydroxylation is 2. The number of thiazole rings is 2. The molecule has 1 fully saturated rings. The summed E-state index contributed by atoms with van der Waals surface area (Å²) in [7, 11) is 1.87. The van der Waals surface area contributed by atoms with Crippen LogP contribution in [0.4, 0.5) is 0 Å². The highest BCUT2D eigenvalue weighted by Crippen LogP contribution is 2.24. The molecular weight excluding hydrogens is 380 g/mol. The largest absolute Gasteiger partial charge is 0.336 e. The quantitative estimate of drug-likeness (QED) is 0.671. The van der Waals surface area contributed by atoms with Gasteiger partial charge in [0.1, 0.15) is 10.7 Å². The van der Waals surface area contributed by atoms with Gasteiger partial charge in [0, 0.05) is 62.3 Å². The first-order valence-electron chi connectivity index (χ1n) is 8.95. The molecule has 7 nitrogen and oxygen atoms in total. The van der Waals surface area contributed by atoms with E-state index in [2.05, 4.69) is 25.3 Å². The lowest BCUT2D eigenvalue weighted by Gasteiger charge is -2.20. The predicted molar refractivity (Wildman–Crippen MR) is 107 cm³/mol. The minimum Gasteiger partial charge on any atom is -0.336 e. The Balaban J connectivity index is 1.38. The molecule has 1 aliphatic rings. The Morgan fingerprint density at radius 2 is 2.04 bits per heavy atom. The molecular formula is C18H22N6OS2. The lowest BCUT2D eigenvalue weighted by molar-refractivity contribution is 0.0756. The summed E-state index contributed by atoms with van der Waals surface area (Å²) in [5.74, 6) is 0.0211. The number of hydrogen-bond acceptors (Lipinski definition) is 7. The number of aromatic nitrogens is 4. The van der Waals surface area contributed by atoms with Crippen LogP contribution < -0.4 is 0 Å². The third-order valence-electron chi connectivity index (χ3n) is 4.60. The van der Waals surface area contributed by atoms with E-state index >= 15 is 0 Å². The summed E-state index contributed by atoms with van der Waals surface area (Å²) < 4.78 is 1.74. The Morgan fingerprint density at radius 1 is 1.15 bits per heavy atom. The first kappa shape index (κ1) is 18.3. The molecule has 0 bridgehead atoms. The van der Waals surface area contributed by atoms with Crippen molar-refractivity contribution in [2.75, 3.05) is 26.2 Å². The summed E-state index contributed by atoms with van der Waals surface area (Å²) in [5, 5.41) is 10.1. The van der Waals surface area contributed by atoms with Crippen LogP contribution in [-0.4, -0.2) is 61.6 Å². The van der Waals surface area contributed by atoms with Crippen LogP contribution in [-0.2, 0) is 13.6 Å². The zero-order valence-corrected chi connectivity index (χ0v) is 17.1. The van der Waals surface area contributed by atoms with Gasteiger partial charge in [-0.3, -0.25) is 14.4 Å². The number of amides is 1. The van der Waals surface area contributed by atoms with E-state index in [-0.39, 0.29) is 5.91 Å². The fourth-order valence-electron chi connectivity index (χ4n) is 3.24. The molecule has 0 atom stereocenters. The Labute approximate surface area is 166 Å². The van der Waals surface area contributed by atoms with Crippen LogP contribution in [0.1, 0.15) is 27.6 Å². The molecule has 0 aromatic carbocycles. The molecule has 0 unspecified atom stereocenters. The molecule has 4 rings (SSSR count). The summed E-state index contributed by atoms with van der Waals surface area (Å²) >= 11 is 3.18. The summed E-state index contributed by atoms with van der Waals surface area (Å²) in [6, 6.07) is 0. The second-order valence-electron chi connectivity index (χ2n) is 6.72. The van der Waals surface area contributed by atoms with E-state index in [1.807, 2.05) is 30.4 Å². The van der Waals surface area contributed by atoms with Crippen molar-refractivity contribution < 1.29 is 4.79 Å². The maximum atomic E-state index is 12.9. The molecule has 142 valence electrons. The highest BCUT2D eigenvalue weighted by Gasteiger charge is 2.23. The van der Waals surface area contributed by atoms with Gasteiger partial charge in [-0.05, 0) is 13.3 Å². The van der Waals surface area contributed by atoms with Crippen LogP contribution in [0.25, 0.3) is 10.6 Å². The van der Waals surface area contributed by atoms with Crippen LogP contribution in [0, 0.1) is 6.92 Å². The normalized spacial score (nSPS) is 15.9. The van der Waals surface area contributed by atoms with Crippen molar-refractivity contribution >= 4 is 28.6 Å².